The molecule has 9 heteroatoms. The van der Waals surface area contributed by atoms with Crippen LogP contribution in [0.1, 0.15) is 24.8 Å². The summed E-state index contributed by atoms with van der Waals surface area (Å²) in [6, 6.07) is 15.5. The fourth-order valence-corrected chi connectivity index (χ4v) is 7.10. The summed E-state index contributed by atoms with van der Waals surface area (Å²) in [4.78, 5) is 29.3. The third-order valence-electron chi connectivity index (χ3n) is 7.43. The molecule has 8 nitrogen and oxygen atoms in total. The predicted octanol–water partition coefficient (Wildman–Crippen LogP) is 3.45. The van der Waals surface area contributed by atoms with Gasteiger partial charge in [0, 0.05) is 23.3 Å². The van der Waals surface area contributed by atoms with Gasteiger partial charge < -0.3 is 26.0 Å². The van der Waals surface area contributed by atoms with E-state index in [2.05, 4.69) is 21.3 Å². The van der Waals surface area contributed by atoms with E-state index < -0.39 is 0 Å². The molecule has 0 spiro atoms. The molecule has 4 aliphatic heterocycles. The summed E-state index contributed by atoms with van der Waals surface area (Å²) >= 11 is 1.55. The first-order valence-corrected chi connectivity index (χ1v) is 13.6. The van der Waals surface area contributed by atoms with Crippen LogP contribution in [-0.2, 0) is 4.79 Å². The molecule has 3 atom stereocenters. The maximum Gasteiger partial charge on any atom is 0.326 e. The number of anilines is 1. The first-order valence-electron chi connectivity index (χ1n) is 12.7. The molecule has 3 saturated heterocycles. The zero-order valence-electron chi connectivity index (χ0n) is 20.3. The van der Waals surface area contributed by atoms with Crippen molar-refractivity contribution in [1.82, 2.24) is 21.3 Å². The van der Waals surface area contributed by atoms with Crippen LogP contribution in [0.4, 0.5) is 10.5 Å². The number of nitrogens with zero attached hydrogens (tertiary/aromatic N) is 1. The zero-order valence-corrected chi connectivity index (χ0v) is 21.1. The Bertz CT molecular complexity index is 1200. The maximum atomic E-state index is 13.5. The minimum absolute atomic E-state index is 0.0173. The number of hydrogen-bond acceptors (Lipinski definition) is 6. The highest BCUT2D eigenvalue weighted by Crippen LogP contribution is 2.48. The largest absolute Gasteiger partial charge is 0.457 e. The number of aryl methyl sites for hydroxylation is 1. The predicted molar refractivity (Wildman–Crippen MR) is 141 cm³/mol. The Morgan fingerprint density at radius 3 is 2.64 bits per heavy atom. The fraction of sp³-hybridized carbons (Fsp3) is 0.407. The molecule has 3 amide bonds. The van der Waals surface area contributed by atoms with E-state index >= 15 is 0 Å². The van der Waals surface area contributed by atoms with Gasteiger partial charge in [0.15, 0.2) is 0 Å². The summed E-state index contributed by atoms with van der Waals surface area (Å²) in [6.45, 7) is 4.64. The van der Waals surface area contributed by atoms with Gasteiger partial charge >= 0.3 is 6.03 Å². The van der Waals surface area contributed by atoms with Gasteiger partial charge in [-0.1, -0.05) is 30.0 Å². The molecule has 36 heavy (non-hydrogen) atoms. The van der Waals surface area contributed by atoms with Gasteiger partial charge in [-0.2, -0.15) is 0 Å². The van der Waals surface area contributed by atoms with E-state index in [1.807, 2.05) is 60.4 Å². The topological polar surface area (TPSA) is 94.7 Å². The minimum Gasteiger partial charge on any atom is -0.457 e. The number of ether oxygens (including phenoxy) is 1. The molecule has 2 aromatic rings. The molecule has 0 radical (unpaired) electrons. The van der Waals surface area contributed by atoms with Crippen LogP contribution < -0.4 is 30.9 Å². The van der Waals surface area contributed by atoms with Crippen LogP contribution in [0.5, 0.6) is 11.5 Å². The summed E-state index contributed by atoms with van der Waals surface area (Å²) < 4.78 is 5.99. The number of benzene rings is 2. The number of thioether (sulfide) groups is 1. The van der Waals surface area contributed by atoms with Gasteiger partial charge in [-0.05, 0) is 81.7 Å². The van der Waals surface area contributed by atoms with Crippen LogP contribution >= 0.6 is 11.8 Å². The van der Waals surface area contributed by atoms with E-state index in [-0.39, 0.29) is 35.3 Å². The number of para-hydroxylation sites is 1. The van der Waals surface area contributed by atoms with E-state index in [0.717, 1.165) is 67.3 Å². The van der Waals surface area contributed by atoms with Crippen molar-refractivity contribution in [3.8, 4) is 11.5 Å². The molecule has 4 heterocycles. The lowest BCUT2D eigenvalue weighted by molar-refractivity contribution is -0.117. The highest BCUT2D eigenvalue weighted by atomic mass is 32.2. The fourth-order valence-electron chi connectivity index (χ4n) is 5.71. The molecule has 188 valence electrons. The number of rotatable bonds is 5. The molecule has 0 aromatic heterocycles. The van der Waals surface area contributed by atoms with E-state index in [9.17, 15) is 9.59 Å². The van der Waals surface area contributed by atoms with Crippen molar-refractivity contribution in [2.75, 3.05) is 24.5 Å². The summed E-state index contributed by atoms with van der Waals surface area (Å²) in [7, 11) is 0. The van der Waals surface area contributed by atoms with Crippen LogP contribution in [0.15, 0.2) is 59.1 Å². The number of carbonyl (C=O) groups excluding carboxylic acids is 2. The Hall–Kier alpha value is -3.01. The first kappa shape index (κ1) is 23.4. The minimum atomic E-state index is -0.179. The normalized spacial score (nSPS) is 25.9. The summed E-state index contributed by atoms with van der Waals surface area (Å²) in [5.74, 6) is 1.48. The summed E-state index contributed by atoms with van der Waals surface area (Å²) in [5, 5.41) is 13.3. The van der Waals surface area contributed by atoms with Crippen molar-refractivity contribution >= 4 is 29.4 Å². The average molecular weight is 506 g/mol. The van der Waals surface area contributed by atoms with Crippen molar-refractivity contribution in [2.45, 2.75) is 43.6 Å². The Morgan fingerprint density at radius 2 is 1.86 bits per heavy atom. The Labute approximate surface area is 215 Å². The second-order valence-electron chi connectivity index (χ2n) is 9.78. The van der Waals surface area contributed by atoms with Gasteiger partial charge in [0.25, 0.3) is 5.91 Å². The molecule has 4 N–H and O–H groups in total. The molecular weight excluding hydrogens is 474 g/mol. The monoisotopic (exact) mass is 505 g/mol. The standard InChI is InChI=1S/C27H31N5O3S/c1-16-15-19(35-18-5-3-2-4-6-18)7-8-20(16)32-21-11-14-29-26-22(21)23(31-27(32)34)24(36-26)25(33)30-17-9-12-28-13-10-17/h2-8,15,17,21-22,26,28-29H,9-14H2,1H3,(H,30,33)(H,31,34). The summed E-state index contributed by atoms with van der Waals surface area (Å²) in [5.41, 5.74) is 2.61. The second kappa shape index (κ2) is 9.80. The number of nitrogens with one attached hydrogen (secondary N) is 4. The van der Waals surface area contributed by atoms with E-state index in [1.54, 1.807) is 11.8 Å². The van der Waals surface area contributed by atoms with Gasteiger partial charge in [-0.15, -0.1) is 0 Å². The average Bonchev–Trinajstić information content (AvgIpc) is 3.26. The smallest absolute Gasteiger partial charge is 0.326 e. The highest BCUT2D eigenvalue weighted by Gasteiger charge is 2.52. The number of urea groups is 1. The number of carbonyl (C=O) groups is 2. The van der Waals surface area contributed by atoms with Crippen LogP contribution in [-0.4, -0.2) is 49.0 Å². The molecule has 0 aliphatic carbocycles. The SMILES string of the molecule is Cc1cc(Oc2ccccc2)ccc1N1C(=O)NC2=C(C(=O)NC3CCNCC3)SC3NCCC1C23. The van der Waals surface area contributed by atoms with Gasteiger partial charge in [0.05, 0.1) is 16.3 Å². The molecule has 0 saturated carbocycles. The number of piperidine rings is 2. The van der Waals surface area contributed by atoms with Crippen molar-refractivity contribution in [3.63, 3.8) is 0 Å². The van der Waals surface area contributed by atoms with Crippen LogP contribution in [0, 0.1) is 12.8 Å². The van der Waals surface area contributed by atoms with Crippen LogP contribution in [0.2, 0.25) is 0 Å². The van der Waals surface area contributed by atoms with Gasteiger partial charge in [0.1, 0.15) is 11.5 Å². The molecule has 3 unspecified atom stereocenters. The number of amides is 3. The van der Waals surface area contributed by atoms with Crippen molar-refractivity contribution < 1.29 is 14.3 Å². The van der Waals surface area contributed by atoms with Crippen LogP contribution in [0.25, 0.3) is 0 Å². The van der Waals surface area contributed by atoms with E-state index in [0.29, 0.717) is 4.91 Å². The third-order valence-corrected chi connectivity index (χ3v) is 8.78. The van der Waals surface area contributed by atoms with Gasteiger partial charge in [-0.3, -0.25) is 9.69 Å². The molecule has 3 fully saturated rings. The maximum absolute atomic E-state index is 13.5. The lowest BCUT2D eigenvalue weighted by Gasteiger charge is -2.46. The Balaban J connectivity index is 1.25. The Morgan fingerprint density at radius 1 is 1.06 bits per heavy atom. The van der Waals surface area contributed by atoms with E-state index in [4.69, 9.17) is 4.74 Å². The van der Waals surface area contributed by atoms with Crippen molar-refractivity contribution in [1.29, 1.82) is 0 Å². The zero-order chi connectivity index (χ0) is 24.6. The van der Waals surface area contributed by atoms with Gasteiger partial charge in [-0.25, -0.2) is 4.79 Å². The molecule has 0 bridgehead atoms. The lowest BCUT2D eigenvalue weighted by Crippen LogP contribution is -2.62. The first-order chi connectivity index (χ1) is 17.6. The second-order valence-corrected chi connectivity index (χ2v) is 10.9. The molecule has 6 rings (SSSR count). The quantitative estimate of drug-likeness (QED) is 0.497. The number of hydrogen-bond donors (Lipinski definition) is 4. The van der Waals surface area contributed by atoms with Crippen molar-refractivity contribution in [2.24, 2.45) is 5.92 Å². The van der Waals surface area contributed by atoms with Crippen LogP contribution in [0.3, 0.4) is 0 Å². The summed E-state index contributed by atoms with van der Waals surface area (Å²) in [6.07, 6.45) is 2.68. The highest BCUT2D eigenvalue weighted by molar-refractivity contribution is 8.04. The molecule has 4 aliphatic rings. The molecule has 2 aromatic carbocycles. The molecular formula is C27H31N5O3S. The third kappa shape index (κ3) is 4.36. The lowest BCUT2D eigenvalue weighted by atomic mass is 9.86. The Kier molecular flexibility index (Phi) is 6.37. The van der Waals surface area contributed by atoms with E-state index in [1.165, 1.54) is 0 Å². The van der Waals surface area contributed by atoms with Crippen molar-refractivity contribution in [3.05, 3.63) is 64.7 Å². The van der Waals surface area contributed by atoms with Gasteiger partial charge in [0.2, 0.25) is 0 Å².